The minimum atomic E-state index is -0.672. The fourth-order valence-electron chi connectivity index (χ4n) is 4.27. The molecule has 1 heterocycles. The molecule has 3 aromatic carbocycles. The van der Waals surface area contributed by atoms with Crippen molar-refractivity contribution in [2.24, 2.45) is 0 Å². The lowest BCUT2D eigenvalue weighted by atomic mass is 9.93. The van der Waals surface area contributed by atoms with Crippen molar-refractivity contribution in [3.8, 4) is 11.5 Å². The van der Waals surface area contributed by atoms with Crippen LogP contribution in [0.5, 0.6) is 11.5 Å². The molecular formula is C31H35N3O3. The third-order valence-corrected chi connectivity index (χ3v) is 6.11. The third-order valence-electron chi connectivity index (χ3n) is 6.11. The Morgan fingerprint density at radius 2 is 1.73 bits per heavy atom. The van der Waals surface area contributed by atoms with Gasteiger partial charge >= 0.3 is 0 Å². The molecule has 4 aromatic rings. The number of anilines is 1. The van der Waals surface area contributed by atoms with E-state index in [4.69, 9.17) is 9.47 Å². The molecule has 4 rings (SSSR count). The van der Waals surface area contributed by atoms with E-state index < -0.39 is 11.6 Å². The summed E-state index contributed by atoms with van der Waals surface area (Å²) in [6, 6.07) is 22.9. The molecule has 0 saturated carbocycles. The zero-order valence-electron chi connectivity index (χ0n) is 22.1. The zero-order valence-corrected chi connectivity index (χ0v) is 22.1. The highest BCUT2D eigenvalue weighted by Gasteiger charge is 2.29. The molecule has 0 radical (unpaired) electrons. The first-order chi connectivity index (χ1) is 17.8. The Hall–Kier alpha value is -4.06. The monoisotopic (exact) mass is 497 g/mol. The van der Waals surface area contributed by atoms with Gasteiger partial charge < -0.3 is 20.1 Å². The molecule has 192 valence electrons. The predicted molar refractivity (Wildman–Crippen MR) is 149 cm³/mol. The first-order valence-electron chi connectivity index (χ1n) is 12.7. The maximum Gasteiger partial charge on any atom is 0.247 e. The van der Waals surface area contributed by atoms with Crippen LogP contribution < -0.4 is 20.1 Å². The van der Waals surface area contributed by atoms with Crippen molar-refractivity contribution >= 4 is 22.4 Å². The predicted octanol–water partition coefficient (Wildman–Crippen LogP) is 6.63. The van der Waals surface area contributed by atoms with Crippen molar-refractivity contribution < 1.29 is 14.3 Å². The van der Waals surface area contributed by atoms with Gasteiger partial charge in [0.15, 0.2) is 11.5 Å². The number of ether oxygens (including phenoxy) is 2. The van der Waals surface area contributed by atoms with Gasteiger partial charge in [0.2, 0.25) is 5.91 Å². The van der Waals surface area contributed by atoms with Crippen LogP contribution in [0, 0.1) is 0 Å². The number of nitrogens with zero attached hydrogens (tertiary/aromatic N) is 1. The highest BCUT2D eigenvalue weighted by Crippen LogP contribution is 2.34. The van der Waals surface area contributed by atoms with Gasteiger partial charge in [-0.3, -0.25) is 9.78 Å². The summed E-state index contributed by atoms with van der Waals surface area (Å²) in [6.07, 6.45) is 3.59. The second kappa shape index (κ2) is 11.3. The molecule has 1 aromatic heterocycles. The summed E-state index contributed by atoms with van der Waals surface area (Å²) >= 11 is 0. The number of aromatic nitrogens is 1. The number of pyridine rings is 1. The molecule has 0 fully saturated rings. The summed E-state index contributed by atoms with van der Waals surface area (Å²) in [5.41, 5.74) is 2.06. The summed E-state index contributed by atoms with van der Waals surface area (Å²) in [4.78, 5) is 18.1. The number of nitrogens with one attached hydrogen (secondary N) is 2. The fraction of sp³-hybridized carbons (Fsp3) is 0.290. The van der Waals surface area contributed by atoms with E-state index in [1.165, 1.54) is 0 Å². The number of carbonyl (C=O) groups excluding carboxylic acids is 1. The molecule has 6 nitrogen and oxygen atoms in total. The van der Waals surface area contributed by atoms with E-state index in [1.807, 2.05) is 114 Å². The standard InChI is InChI=1S/C31H35N3O3/c1-6-36-28-19-23(13-15-27(28)37-21(2)3)29(30(35)34-31(4,5)25-10-8-7-9-11-25)33-26-14-12-24-20-32-17-16-22(24)18-26/h7-21,29,33H,6H2,1-5H3,(H,34,35). The third kappa shape index (κ3) is 6.39. The van der Waals surface area contributed by atoms with Crippen LogP contribution >= 0.6 is 0 Å². The van der Waals surface area contributed by atoms with Crippen molar-refractivity contribution in [1.29, 1.82) is 0 Å². The maximum atomic E-state index is 13.9. The molecule has 0 aliphatic carbocycles. The van der Waals surface area contributed by atoms with E-state index >= 15 is 0 Å². The van der Waals surface area contributed by atoms with Gasteiger partial charge in [0.1, 0.15) is 6.04 Å². The van der Waals surface area contributed by atoms with Crippen LogP contribution in [0.4, 0.5) is 5.69 Å². The molecule has 1 amide bonds. The second-order valence-electron chi connectivity index (χ2n) is 9.80. The first-order valence-corrected chi connectivity index (χ1v) is 12.7. The molecule has 6 heteroatoms. The van der Waals surface area contributed by atoms with E-state index in [2.05, 4.69) is 15.6 Å². The van der Waals surface area contributed by atoms with E-state index in [0.717, 1.165) is 27.6 Å². The summed E-state index contributed by atoms with van der Waals surface area (Å²) in [6.45, 7) is 10.4. The molecule has 1 atom stereocenters. The summed E-state index contributed by atoms with van der Waals surface area (Å²) < 4.78 is 11.8. The van der Waals surface area contributed by atoms with Gasteiger partial charge in [0, 0.05) is 23.5 Å². The maximum absolute atomic E-state index is 13.9. The van der Waals surface area contributed by atoms with Crippen LogP contribution in [0.25, 0.3) is 10.8 Å². The van der Waals surface area contributed by atoms with Crippen LogP contribution in [0.3, 0.4) is 0 Å². The van der Waals surface area contributed by atoms with Crippen molar-refractivity contribution in [1.82, 2.24) is 10.3 Å². The van der Waals surface area contributed by atoms with Crippen LogP contribution in [0.1, 0.15) is 51.8 Å². The average Bonchev–Trinajstić information content (AvgIpc) is 2.88. The number of carbonyl (C=O) groups is 1. The number of fused-ring (bicyclic) bond motifs is 1. The highest BCUT2D eigenvalue weighted by atomic mass is 16.5. The van der Waals surface area contributed by atoms with E-state index in [1.54, 1.807) is 6.20 Å². The van der Waals surface area contributed by atoms with Gasteiger partial charge in [-0.1, -0.05) is 42.5 Å². The number of hydrogen-bond acceptors (Lipinski definition) is 5. The minimum absolute atomic E-state index is 0.000961. The highest BCUT2D eigenvalue weighted by molar-refractivity contribution is 5.89. The quantitative estimate of drug-likeness (QED) is 0.257. The van der Waals surface area contributed by atoms with Gasteiger partial charge in [-0.2, -0.15) is 0 Å². The lowest BCUT2D eigenvalue weighted by Gasteiger charge is -2.30. The van der Waals surface area contributed by atoms with Gasteiger partial charge in [-0.05, 0) is 81.5 Å². The smallest absolute Gasteiger partial charge is 0.247 e. The van der Waals surface area contributed by atoms with Crippen molar-refractivity contribution in [2.75, 3.05) is 11.9 Å². The van der Waals surface area contributed by atoms with Gasteiger partial charge in [-0.15, -0.1) is 0 Å². The fourth-order valence-corrected chi connectivity index (χ4v) is 4.27. The normalized spacial score (nSPS) is 12.3. The average molecular weight is 498 g/mol. The topological polar surface area (TPSA) is 72.5 Å². The second-order valence-corrected chi connectivity index (χ2v) is 9.80. The molecular weight excluding hydrogens is 462 g/mol. The minimum Gasteiger partial charge on any atom is -0.490 e. The van der Waals surface area contributed by atoms with Crippen molar-refractivity contribution in [3.05, 3.63) is 96.3 Å². The van der Waals surface area contributed by atoms with Gasteiger partial charge in [-0.25, -0.2) is 0 Å². The molecule has 0 spiro atoms. The Balaban J connectivity index is 1.71. The summed E-state index contributed by atoms with van der Waals surface area (Å²) in [5, 5.41) is 8.78. The van der Waals surface area contributed by atoms with Crippen LogP contribution in [-0.2, 0) is 10.3 Å². The molecule has 0 aliphatic rings. The lowest BCUT2D eigenvalue weighted by Crippen LogP contribution is -2.45. The Bertz CT molecular complexity index is 1350. The van der Waals surface area contributed by atoms with Crippen molar-refractivity contribution in [2.45, 2.75) is 52.3 Å². The Kier molecular flexibility index (Phi) is 7.97. The van der Waals surface area contributed by atoms with E-state index in [0.29, 0.717) is 18.1 Å². The van der Waals surface area contributed by atoms with Crippen LogP contribution in [0.15, 0.2) is 85.2 Å². The van der Waals surface area contributed by atoms with Crippen molar-refractivity contribution in [3.63, 3.8) is 0 Å². The van der Waals surface area contributed by atoms with E-state index in [9.17, 15) is 4.79 Å². The molecule has 2 N–H and O–H groups in total. The Morgan fingerprint density at radius 1 is 0.946 bits per heavy atom. The zero-order chi connectivity index (χ0) is 26.4. The molecule has 0 saturated heterocycles. The lowest BCUT2D eigenvalue weighted by molar-refractivity contribution is -0.123. The van der Waals surface area contributed by atoms with Gasteiger partial charge in [0.25, 0.3) is 0 Å². The largest absolute Gasteiger partial charge is 0.490 e. The summed E-state index contributed by atoms with van der Waals surface area (Å²) in [7, 11) is 0. The van der Waals surface area contributed by atoms with Gasteiger partial charge in [0.05, 0.1) is 18.2 Å². The van der Waals surface area contributed by atoms with Crippen LogP contribution in [-0.4, -0.2) is 23.6 Å². The molecule has 0 bridgehead atoms. The molecule has 1 unspecified atom stereocenters. The summed E-state index contributed by atoms with van der Waals surface area (Å²) in [5.74, 6) is 1.12. The van der Waals surface area contributed by atoms with E-state index in [-0.39, 0.29) is 12.0 Å². The number of hydrogen-bond donors (Lipinski definition) is 2. The Morgan fingerprint density at radius 3 is 2.46 bits per heavy atom. The molecule has 0 aliphatic heterocycles. The number of rotatable bonds is 10. The van der Waals surface area contributed by atoms with Crippen LogP contribution in [0.2, 0.25) is 0 Å². The molecule has 37 heavy (non-hydrogen) atoms. The SMILES string of the molecule is CCOc1cc(C(Nc2ccc3cnccc3c2)C(=O)NC(C)(C)c2ccccc2)ccc1OC(C)C. The Labute approximate surface area is 219 Å². The number of benzene rings is 3. The number of amides is 1. The first kappa shape index (κ1) is 26.0.